The van der Waals surface area contributed by atoms with E-state index in [-0.39, 0.29) is 10.9 Å². The van der Waals surface area contributed by atoms with Gasteiger partial charge in [-0.05, 0) is 56.3 Å². The Kier molecular flexibility index (Phi) is 7.50. The summed E-state index contributed by atoms with van der Waals surface area (Å²) in [6.07, 6.45) is 0. The molecule has 0 unspecified atom stereocenters. The normalized spacial score (nSPS) is 12.8. The lowest BCUT2D eigenvalue weighted by molar-refractivity contribution is 0.0997. The minimum Gasteiger partial charge on any atom is -0.497 e. The second-order valence-corrected chi connectivity index (χ2v) is 10.4. The molecule has 0 aliphatic rings. The van der Waals surface area contributed by atoms with Gasteiger partial charge >= 0.3 is 0 Å². The molecule has 1 amide bonds. The summed E-state index contributed by atoms with van der Waals surface area (Å²) in [6.45, 7) is 4.60. The summed E-state index contributed by atoms with van der Waals surface area (Å²) in [4.78, 5) is 17.8. The van der Waals surface area contributed by atoms with E-state index in [1.165, 1.54) is 47.0 Å². The molecular formula is C22H27N3O5S2. The van der Waals surface area contributed by atoms with Crippen LogP contribution in [0.15, 0.2) is 52.4 Å². The first-order valence-corrected chi connectivity index (χ1v) is 12.3. The van der Waals surface area contributed by atoms with Crippen LogP contribution in [0.4, 0.5) is 0 Å². The second kappa shape index (κ2) is 9.95. The van der Waals surface area contributed by atoms with Crippen LogP contribution >= 0.6 is 11.3 Å². The van der Waals surface area contributed by atoms with Gasteiger partial charge in [-0.2, -0.15) is 9.30 Å². The highest BCUT2D eigenvalue weighted by atomic mass is 32.2. The molecule has 32 heavy (non-hydrogen) atoms. The number of hydrogen-bond acceptors (Lipinski definition) is 6. The molecule has 0 N–H and O–H groups in total. The maximum atomic E-state index is 12.9. The summed E-state index contributed by atoms with van der Waals surface area (Å²) in [7, 11) is 1.13. The topological polar surface area (TPSA) is 90.2 Å². The monoisotopic (exact) mass is 477 g/mol. The molecule has 1 heterocycles. The number of fused-ring (bicyclic) bond motifs is 1. The van der Waals surface area contributed by atoms with Crippen molar-refractivity contribution in [2.24, 2.45) is 4.99 Å². The van der Waals surface area contributed by atoms with Gasteiger partial charge in [-0.1, -0.05) is 11.3 Å². The molecule has 8 nitrogen and oxygen atoms in total. The van der Waals surface area contributed by atoms with Gasteiger partial charge in [0.05, 0.1) is 28.8 Å². The van der Waals surface area contributed by atoms with E-state index in [9.17, 15) is 13.2 Å². The minimum atomic E-state index is -3.62. The van der Waals surface area contributed by atoms with Gasteiger partial charge in [-0.15, -0.1) is 0 Å². The van der Waals surface area contributed by atoms with Crippen molar-refractivity contribution >= 4 is 37.5 Å². The van der Waals surface area contributed by atoms with Crippen LogP contribution in [0.25, 0.3) is 10.2 Å². The van der Waals surface area contributed by atoms with Crippen LogP contribution in [-0.2, 0) is 21.3 Å². The number of nitrogens with zero attached hydrogens (tertiary/aromatic N) is 3. The maximum absolute atomic E-state index is 12.9. The van der Waals surface area contributed by atoms with Crippen molar-refractivity contribution in [2.75, 3.05) is 27.9 Å². The van der Waals surface area contributed by atoms with Gasteiger partial charge in [0.2, 0.25) is 10.0 Å². The van der Waals surface area contributed by atoms with Crippen molar-refractivity contribution in [1.82, 2.24) is 8.87 Å². The fraction of sp³-hybridized carbons (Fsp3) is 0.364. The molecule has 0 atom stereocenters. The number of thiazole rings is 1. The fourth-order valence-electron chi connectivity index (χ4n) is 3.03. The smallest absolute Gasteiger partial charge is 0.279 e. The number of hydrogen-bond donors (Lipinski definition) is 0. The average Bonchev–Trinajstić information content (AvgIpc) is 3.12. The third-order valence-corrected chi connectivity index (χ3v) is 8.20. The number of benzene rings is 2. The Labute approximate surface area is 191 Å². The summed E-state index contributed by atoms with van der Waals surface area (Å²) in [5.41, 5.74) is 1.24. The first-order valence-electron chi connectivity index (χ1n) is 10.0. The fourth-order valence-corrected chi connectivity index (χ4v) is 5.48. The Morgan fingerprint density at radius 2 is 1.84 bits per heavy atom. The third-order valence-electron chi connectivity index (χ3n) is 5.11. The van der Waals surface area contributed by atoms with Crippen molar-refractivity contribution in [3.63, 3.8) is 0 Å². The summed E-state index contributed by atoms with van der Waals surface area (Å²) in [5, 5.41) is 0. The van der Waals surface area contributed by atoms with Gasteiger partial charge in [-0.25, -0.2) is 8.42 Å². The second-order valence-electron chi connectivity index (χ2n) is 7.42. The van der Waals surface area contributed by atoms with Crippen LogP contribution in [0.3, 0.4) is 0 Å². The molecule has 10 heteroatoms. The molecule has 0 spiro atoms. The van der Waals surface area contributed by atoms with E-state index in [2.05, 4.69) is 4.99 Å². The highest BCUT2D eigenvalue weighted by molar-refractivity contribution is 7.89. The van der Waals surface area contributed by atoms with E-state index in [0.29, 0.717) is 23.5 Å². The zero-order valence-electron chi connectivity index (χ0n) is 18.7. The molecule has 3 aromatic rings. The lowest BCUT2D eigenvalue weighted by Crippen LogP contribution is -2.33. The van der Waals surface area contributed by atoms with Crippen LogP contribution in [0.2, 0.25) is 0 Å². The van der Waals surface area contributed by atoms with E-state index in [1.807, 2.05) is 22.8 Å². The molecule has 0 saturated carbocycles. The largest absolute Gasteiger partial charge is 0.497 e. The lowest BCUT2D eigenvalue weighted by atomic mass is 10.2. The Morgan fingerprint density at radius 3 is 2.44 bits per heavy atom. The van der Waals surface area contributed by atoms with Gasteiger partial charge in [0.25, 0.3) is 5.91 Å². The Hall–Kier alpha value is -2.53. The van der Waals surface area contributed by atoms with E-state index in [1.54, 1.807) is 28.1 Å². The van der Waals surface area contributed by atoms with E-state index < -0.39 is 15.9 Å². The summed E-state index contributed by atoms with van der Waals surface area (Å²) in [5.74, 6) is 0.273. The summed E-state index contributed by atoms with van der Waals surface area (Å²) >= 11 is 1.38. The van der Waals surface area contributed by atoms with Gasteiger partial charge in [0.1, 0.15) is 5.75 Å². The lowest BCUT2D eigenvalue weighted by Gasteiger charge is -2.20. The number of carbonyl (C=O) groups is 1. The van der Waals surface area contributed by atoms with Gasteiger partial charge < -0.3 is 14.0 Å². The predicted octanol–water partition coefficient (Wildman–Crippen LogP) is 3.13. The Bertz CT molecular complexity index is 1280. The van der Waals surface area contributed by atoms with Crippen molar-refractivity contribution in [3.8, 4) is 5.75 Å². The average molecular weight is 478 g/mol. The van der Waals surface area contributed by atoms with Gasteiger partial charge in [0.15, 0.2) is 4.80 Å². The number of aromatic nitrogens is 1. The van der Waals surface area contributed by atoms with E-state index in [0.717, 1.165) is 16.0 Å². The zero-order chi connectivity index (χ0) is 23.5. The summed E-state index contributed by atoms with van der Waals surface area (Å²) < 4.78 is 39.9. The van der Waals surface area contributed by atoms with Crippen LogP contribution in [0, 0.1) is 0 Å². The molecule has 0 radical (unpaired) electrons. The maximum Gasteiger partial charge on any atom is 0.279 e. The third kappa shape index (κ3) is 4.93. The number of carbonyl (C=O) groups excluding carboxylic acids is 1. The number of ether oxygens (including phenoxy) is 2. The molecule has 0 aliphatic carbocycles. The standard InChI is InChI=1S/C22H27N3O5S2/c1-15(2)24(3)32(27,28)18-9-6-16(7-10-18)21(26)23-22-25(12-13-29-4)19-11-8-17(30-5)14-20(19)31-22/h6-11,14-15H,12-13H2,1-5H3. The van der Waals surface area contributed by atoms with Crippen molar-refractivity contribution < 1.29 is 22.7 Å². The van der Waals surface area contributed by atoms with Crippen LogP contribution in [0.1, 0.15) is 24.2 Å². The molecule has 0 aliphatic heterocycles. The summed E-state index contributed by atoms with van der Waals surface area (Å²) in [6, 6.07) is 11.4. The molecule has 0 saturated heterocycles. The molecular weight excluding hydrogens is 450 g/mol. The van der Waals surface area contributed by atoms with E-state index in [4.69, 9.17) is 9.47 Å². The Morgan fingerprint density at radius 1 is 1.16 bits per heavy atom. The van der Waals surface area contributed by atoms with Gasteiger partial charge in [0, 0.05) is 32.3 Å². The number of rotatable bonds is 8. The number of methoxy groups -OCH3 is 2. The zero-order valence-corrected chi connectivity index (χ0v) is 20.4. The quantitative estimate of drug-likeness (QED) is 0.497. The van der Waals surface area contributed by atoms with Gasteiger partial charge in [-0.3, -0.25) is 4.79 Å². The van der Waals surface area contributed by atoms with Crippen molar-refractivity contribution in [2.45, 2.75) is 31.3 Å². The first-order chi connectivity index (χ1) is 15.2. The molecule has 2 aromatic carbocycles. The Balaban J connectivity index is 1.98. The van der Waals surface area contributed by atoms with Crippen LogP contribution in [0.5, 0.6) is 5.75 Å². The predicted molar refractivity (Wildman–Crippen MR) is 125 cm³/mol. The molecule has 1 aromatic heterocycles. The van der Waals surface area contributed by atoms with Crippen molar-refractivity contribution in [1.29, 1.82) is 0 Å². The minimum absolute atomic E-state index is 0.134. The van der Waals surface area contributed by atoms with Crippen LogP contribution in [-0.4, -0.2) is 57.1 Å². The number of sulfonamides is 1. The molecule has 3 rings (SSSR count). The molecule has 0 fully saturated rings. The first kappa shape index (κ1) is 24.1. The highest BCUT2D eigenvalue weighted by Crippen LogP contribution is 2.23. The van der Waals surface area contributed by atoms with E-state index >= 15 is 0 Å². The molecule has 0 bridgehead atoms. The molecule has 172 valence electrons. The van der Waals surface area contributed by atoms with Crippen molar-refractivity contribution in [3.05, 3.63) is 52.8 Å². The van der Waals surface area contributed by atoms with Crippen LogP contribution < -0.4 is 9.54 Å². The highest BCUT2D eigenvalue weighted by Gasteiger charge is 2.23. The SMILES string of the molecule is COCCn1c(=NC(=O)c2ccc(S(=O)(=O)N(C)C(C)C)cc2)sc2cc(OC)ccc21. The number of amides is 1.